The van der Waals surface area contributed by atoms with Crippen LogP contribution in [0.1, 0.15) is 5.56 Å². The highest BCUT2D eigenvalue weighted by molar-refractivity contribution is 7.10. The standard InChI is InChI=1S/C10H15N5OS/c11-7-8-9(12)13-17-10(8)15-3-1-14(2-4-15)5-6-16/h16H,1-6H2,(H2,12,13). The number of aliphatic hydroxyl groups is 1. The Bertz CT molecular complexity index is 419. The molecular weight excluding hydrogens is 238 g/mol. The van der Waals surface area contributed by atoms with E-state index in [1.165, 1.54) is 11.5 Å². The van der Waals surface area contributed by atoms with Crippen LogP contribution in [0.3, 0.4) is 0 Å². The zero-order valence-electron chi connectivity index (χ0n) is 9.46. The summed E-state index contributed by atoms with van der Waals surface area (Å²) in [5, 5.41) is 18.8. The number of β-amino-alcohol motifs (C(OH)–C–C–N with tert-alkyl or cyclic N) is 1. The Hall–Kier alpha value is -1.36. The van der Waals surface area contributed by atoms with Crippen molar-refractivity contribution in [2.24, 2.45) is 0 Å². The second kappa shape index (κ2) is 5.31. The third kappa shape index (κ3) is 2.49. The van der Waals surface area contributed by atoms with Crippen LogP contribution in [0.5, 0.6) is 0 Å². The van der Waals surface area contributed by atoms with E-state index in [-0.39, 0.29) is 6.61 Å². The quantitative estimate of drug-likeness (QED) is 0.769. The van der Waals surface area contributed by atoms with Crippen molar-refractivity contribution in [2.45, 2.75) is 0 Å². The summed E-state index contributed by atoms with van der Waals surface area (Å²) >= 11 is 1.28. The van der Waals surface area contributed by atoms with Gasteiger partial charge in [0.15, 0.2) is 5.82 Å². The second-order valence-corrected chi connectivity index (χ2v) is 4.66. The van der Waals surface area contributed by atoms with Crippen LogP contribution in [0, 0.1) is 11.3 Å². The lowest BCUT2D eigenvalue weighted by Gasteiger charge is -2.34. The predicted molar refractivity (Wildman–Crippen MR) is 67.0 cm³/mol. The van der Waals surface area contributed by atoms with E-state index >= 15 is 0 Å². The number of nitrogen functional groups attached to an aromatic ring is 1. The molecule has 0 spiro atoms. The Morgan fingerprint density at radius 3 is 2.71 bits per heavy atom. The van der Waals surface area contributed by atoms with Gasteiger partial charge < -0.3 is 15.7 Å². The van der Waals surface area contributed by atoms with Gasteiger partial charge in [-0.2, -0.15) is 9.64 Å². The maximum Gasteiger partial charge on any atom is 0.157 e. The molecule has 0 aliphatic carbocycles. The van der Waals surface area contributed by atoms with Crippen LogP contribution in [0.25, 0.3) is 0 Å². The summed E-state index contributed by atoms with van der Waals surface area (Å²) in [5.41, 5.74) is 6.13. The summed E-state index contributed by atoms with van der Waals surface area (Å²) in [4.78, 5) is 4.34. The summed E-state index contributed by atoms with van der Waals surface area (Å²) in [7, 11) is 0. The average Bonchev–Trinajstić information content (AvgIpc) is 2.72. The molecule has 2 heterocycles. The summed E-state index contributed by atoms with van der Waals surface area (Å²) in [6.45, 7) is 4.37. The minimum absolute atomic E-state index is 0.191. The summed E-state index contributed by atoms with van der Waals surface area (Å²) in [5.74, 6) is 0.324. The van der Waals surface area contributed by atoms with Gasteiger partial charge in [-0.15, -0.1) is 0 Å². The molecule has 0 radical (unpaired) electrons. The van der Waals surface area contributed by atoms with E-state index in [4.69, 9.17) is 16.1 Å². The van der Waals surface area contributed by atoms with Gasteiger partial charge in [-0.25, -0.2) is 0 Å². The Balaban J connectivity index is 2.03. The first-order chi connectivity index (χ1) is 8.26. The van der Waals surface area contributed by atoms with Gasteiger partial charge in [-0.1, -0.05) is 0 Å². The molecule has 1 saturated heterocycles. The molecule has 0 saturated carbocycles. The van der Waals surface area contributed by atoms with E-state index in [2.05, 4.69) is 20.2 Å². The van der Waals surface area contributed by atoms with Gasteiger partial charge in [-0.05, 0) is 11.5 Å². The van der Waals surface area contributed by atoms with Crippen LogP contribution in [0.4, 0.5) is 10.8 Å². The molecule has 0 unspecified atom stereocenters. The summed E-state index contributed by atoms with van der Waals surface area (Å²) in [6, 6.07) is 2.11. The van der Waals surface area contributed by atoms with Crippen LogP contribution in [0.2, 0.25) is 0 Å². The van der Waals surface area contributed by atoms with E-state index in [1.807, 2.05) is 0 Å². The smallest absolute Gasteiger partial charge is 0.157 e. The lowest BCUT2D eigenvalue weighted by molar-refractivity contribution is 0.189. The molecule has 1 aromatic rings. The van der Waals surface area contributed by atoms with E-state index in [0.29, 0.717) is 17.9 Å². The van der Waals surface area contributed by atoms with Crippen LogP contribution in [-0.2, 0) is 0 Å². The van der Waals surface area contributed by atoms with Gasteiger partial charge in [0.1, 0.15) is 16.6 Å². The number of aliphatic hydroxyl groups excluding tert-OH is 1. The second-order valence-electron chi connectivity index (χ2n) is 3.91. The van der Waals surface area contributed by atoms with E-state index < -0.39 is 0 Å². The number of aromatic nitrogens is 1. The molecule has 7 heteroatoms. The molecule has 1 aliphatic rings. The zero-order chi connectivity index (χ0) is 12.3. The average molecular weight is 253 g/mol. The Kier molecular flexibility index (Phi) is 3.78. The highest BCUT2D eigenvalue weighted by Gasteiger charge is 2.22. The van der Waals surface area contributed by atoms with Gasteiger partial charge in [0.25, 0.3) is 0 Å². The molecule has 6 nitrogen and oxygen atoms in total. The fourth-order valence-electron chi connectivity index (χ4n) is 1.93. The first-order valence-corrected chi connectivity index (χ1v) is 6.27. The first-order valence-electron chi connectivity index (χ1n) is 5.49. The summed E-state index contributed by atoms with van der Waals surface area (Å²) in [6.07, 6.45) is 0. The molecule has 0 aromatic carbocycles. The third-order valence-electron chi connectivity index (χ3n) is 2.89. The van der Waals surface area contributed by atoms with Gasteiger partial charge in [0.05, 0.1) is 6.61 Å². The molecule has 92 valence electrons. The lowest BCUT2D eigenvalue weighted by Crippen LogP contribution is -2.47. The van der Waals surface area contributed by atoms with Crippen LogP contribution >= 0.6 is 11.5 Å². The first kappa shape index (κ1) is 12.1. The molecule has 0 atom stereocenters. The van der Waals surface area contributed by atoms with Crippen molar-refractivity contribution in [2.75, 3.05) is 50.0 Å². The Morgan fingerprint density at radius 1 is 1.41 bits per heavy atom. The molecule has 0 amide bonds. The maximum atomic E-state index is 9.02. The molecule has 1 aliphatic heterocycles. The third-order valence-corrected chi connectivity index (χ3v) is 3.81. The Labute approximate surface area is 104 Å². The fraction of sp³-hybridized carbons (Fsp3) is 0.600. The zero-order valence-corrected chi connectivity index (χ0v) is 10.3. The number of nitrogens with two attached hydrogens (primary N) is 1. The van der Waals surface area contributed by atoms with E-state index in [9.17, 15) is 0 Å². The van der Waals surface area contributed by atoms with Gasteiger partial charge in [-0.3, -0.25) is 4.90 Å². The van der Waals surface area contributed by atoms with Crippen molar-refractivity contribution in [1.29, 1.82) is 5.26 Å². The predicted octanol–water partition coefficient (Wildman–Crippen LogP) is -0.289. The van der Waals surface area contributed by atoms with Crippen molar-refractivity contribution < 1.29 is 5.11 Å². The van der Waals surface area contributed by atoms with Crippen molar-refractivity contribution in [3.63, 3.8) is 0 Å². The summed E-state index contributed by atoms with van der Waals surface area (Å²) < 4.78 is 4.02. The lowest BCUT2D eigenvalue weighted by atomic mass is 10.2. The van der Waals surface area contributed by atoms with Gasteiger partial charge in [0, 0.05) is 32.7 Å². The number of rotatable bonds is 3. The molecule has 1 aromatic heterocycles. The molecule has 1 fully saturated rings. The molecule has 17 heavy (non-hydrogen) atoms. The van der Waals surface area contributed by atoms with Crippen molar-refractivity contribution >= 4 is 22.4 Å². The van der Waals surface area contributed by atoms with Crippen LogP contribution < -0.4 is 10.6 Å². The molecule has 2 rings (SSSR count). The van der Waals surface area contributed by atoms with Gasteiger partial charge >= 0.3 is 0 Å². The monoisotopic (exact) mass is 253 g/mol. The molecular formula is C10H15N5OS. The van der Waals surface area contributed by atoms with E-state index in [1.54, 1.807) is 0 Å². The normalized spacial score (nSPS) is 17.1. The number of nitrogens with zero attached hydrogens (tertiary/aromatic N) is 4. The number of piperazine rings is 1. The molecule has 3 N–H and O–H groups in total. The van der Waals surface area contributed by atoms with Crippen molar-refractivity contribution in [3.05, 3.63) is 5.56 Å². The topological polar surface area (TPSA) is 89.4 Å². The van der Waals surface area contributed by atoms with Crippen LogP contribution in [-0.4, -0.2) is 53.7 Å². The number of hydrogen-bond acceptors (Lipinski definition) is 7. The minimum Gasteiger partial charge on any atom is -0.395 e. The Morgan fingerprint density at radius 2 is 2.12 bits per heavy atom. The number of nitriles is 1. The minimum atomic E-state index is 0.191. The number of anilines is 2. The number of hydrogen-bond donors (Lipinski definition) is 2. The highest BCUT2D eigenvalue weighted by Crippen LogP contribution is 2.30. The van der Waals surface area contributed by atoms with Crippen LogP contribution in [0.15, 0.2) is 0 Å². The largest absolute Gasteiger partial charge is 0.395 e. The van der Waals surface area contributed by atoms with Crippen molar-refractivity contribution in [1.82, 2.24) is 9.27 Å². The van der Waals surface area contributed by atoms with Crippen molar-refractivity contribution in [3.8, 4) is 6.07 Å². The van der Waals surface area contributed by atoms with E-state index in [0.717, 1.165) is 31.2 Å². The maximum absolute atomic E-state index is 9.02. The highest BCUT2D eigenvalue weighted by atomic mass is 32.1. The fourth-order valence-corrected chi connectivity index (χ4v) is 2.75. The van der Waals surface area contributed by atoms with Gasteiger partial charge in [0.2, 0.25) is 0 Å². The SMILES string of the molecule is N#Cc1c(N)nsc1N1CCN(CCO)CC1. The molecule has 0 bridgehead atoms.